The summed E-state index contributed by atoms with van der Waals surface area (Å²) in [7, 11) is 1.64. The van der Waals surface area contributed by atoms with E-state index in [1.54, 1.807) is 14.0 Å². The minimum absolute atomic E-state index is 0.197. The van der Waals surface area contributed by atoms with Crippen molar-refractivity contribution < 1.29 is 19.2 Å². The number of fused-ring (bicyclic) bond motifs is 2. The van der Waals surface area contributed by atoms with E-state index in [9.17, 15) is 9.59 Å². The second kappa shape index (κ2) is 7.39. The number of quaternary nitrogens is 1. The zero-order chi connectivity index (χ0) is 21.6. The van der Waals surface area contributed by atoms with Crippen LogP contribution in [0, 0.1) is 0 Å². The normalized spacial score (nSPS) is 23.0. The van der Waals surface area contributed by atoms with E-state index in [-0.39, 0.29) is 11.9 Å². The van der Waals surface area contributed by atoms with Gasteiger partial charge < -0.3 is 15.0 Å². The summed E-state index contributed by atoms with van der Waals surface area (Å²) in [6, 6.07) is 19.7. The molecule has 2 aliphatic heterocycles. The summed E-state index contributed by atoms with van der Waals surface area (Å²) in [5, 5.41) is 4.97. The summed E-state index contributed by atoms with van der Waals surface area (Å²) in [5.74, 6) is 0.589. The van der Waals surface area contributed by atoms with Gasteiger partial charge in [0.1, 0.15) is 17.8 Å². The number of benzene rings is 3. The number of carbonyl (C=O) groups is 2. The predicted molar refractivity (Wildman–Crippen MR) is 118 cm³/mol. The van der Waals surface area contributed by atoms with Gasteiger partial charge in [0, 0.05) is 12.0 Å². The zero-order valence-electron chi connectivity index (χ0n) is 17.8. The van der Waals surface area contributed by atoms with Crippen LogP contribution in [-0.2, 0) is 23.3 Å². The molecule has 0 spiro atoms. The Morgan fingerprint density at radius 2 is 1.77 bits per heavy atom. The van der Waals surface area contributed by atoms with E-state index in [1.165, 1.54) is 20.9 Å². The van der Waals surface area contributed by atoms with Crippen molar-refractivity contribution in [1.29, 1.82) is 0 Å². The first-order valence-corrected chi connectivity index (χ1v) is 10.6. The van der Waals surface area contributed by atoms with Gasteiger partial charge in [0.2, 0.25) is 0 Å². The molecule has 6 nitrogen and oxygen atoms in total. The Morgan fingerprint density at radius 3 is 2.58 bits per heavy atom. The fraction of sp³-hybridized carbons (Fsp3) is 0.280. The van der Waals surface area contributed by atoms with Gasteiger partial charge in [0.05, 0.1) is 13.7 Å². The molecule has 1 saturated heterocycles. The van der Waals surface area contributed by atoms with E-state index >= 15 is 0 Å². The van der Waals surface area contributed by atoms with Crippen LogP contribution in [0.15, 0.2) is 60.7 Å². The summed E-state index contributed by atoms with van der Waals surface area (Å²) in [4.78, 5) is 28.8. The Morgan fingerprint density at radius 1 is 1.03 bits per heavy atom. The van der Waals surface area contributed by atoms with Crippen molar-refractivity contribution in [2.45, 2.75) is 25.4 Å². The molecule has 0 aromatic heterocycles. The molecule has 0 bridgehead atoms. The summed E-state index contributed by atoms with van der Waals surface area (Å²) in [6.45, 7) is 3.89. The third-order valence-electron chi connectivity index (χ3n) is 6.59. The lowest BCUT2D eigenvalue weighted by Crippen LogP contribution is -3.13. The Kier molecular flexibility index (Phi) is 4.67. The molecule has 2 atom stereocenters. The molecule has 3 aromatic rings. The standard InChI is InChI=1S/C25H25N3O3/c1-25(21-9-7-19-14-22(31-2)10-8-18(19)13-21)23(29)28(24(30)26-25)16-27-12-11-17-5-3-4-6-20(17)15-27/h3-10,13-14H,11-12,15-16H2,1-2H3,(H,26,30)/p+1/t25-/m0/s1. The van der Waals surface area contributed by atoms with Gasteiger partial charge in [-0.3, -0.25) is 4.79 Å². The molecule has 31 heavy (non-hydrogen) atoms. The highest BCUT2D eigenvalue weighted by molar-refractivity contribution is 6.07. The van der Waals surface area contributed by atoms with E-state index in [4.69, 9.17) is 4.74 Å². The highest BCUT2D eigenvalue weighted by Gasteiger charge is 2.50. The smallest absolute Gasteiger partial charge is 0.329 e. The number of hydrogen-bond donors (Lipinski definition) is 2. The van der Waals surface area contributed by atoms with Crippen LogP contribution in [0.3, 0.4) is 0 Å². The third kappa shape index (κ3) is 3.33. The van der Waals surface area contributed by atoms with E-state index in [0.717, 1.165) is 41.6 Å². The first-order chi connectivity index (χ1) is 15.0. The summed E-state index contributed by atoms with van der Waals surface area (Å²) >= 11 is 0. The van der Waals surface area contributed by atoms with Crippen LogP contribution in [0.2, 0.25) is 0 Å². The number of imide groups is 1. The van der Waals surface area contributed by atoms with Gasteiger partial charge in [-0.05, 0) is 47.0 Å². The minimum atomic E-state index is -1.07. The van der Waals surface area contributed by atoms with Crippen LogP contribution in [0.25, 0.3) is 10.8 Å². The van der Waals surface area contributed by atoms with Crippen molar-refractivity contribution in [3.63, 3.8) is 0 Å². The number of nitrogens with one attached hydrogen (secondary N) is 2. The molecule has 3 aromatic carbocycles. The lowest BCUT2D eigenvalue weighted by atomic mass is 9.90. The van der Waals surface area contributed by atoms with Crippen LogP contribution in [-0.4, -0.2) is 37.2 Å². The van der Waals surface area contributed by atoms with Gasteiger partial charge in [0.25, 0.3) is 5.91 Å². The number of nitrogens with zero attached hydrogens (tertiary/aromatic N) is 1. The van der Waals surface area contributed by atoms with Crippen molar-refractivity contribution in [2.75, 3.05) is 20.3 Å². The number of urea groups is 1. The quantitative estimate of drug-likeness (QED) is 0.641. The number of methoxy groups -OCH3 is 1. The summed E-state index contributed by atoms with van der Waals surface area (Å²) < 4.78 is 5.29. The first kappa shape index (κ1) is 19.6. The third-order valence-corrected chi connectivity index (χ3v) is 6.59. The minimum Gasteiger partial charge on any atom is -0.497 e. The van der Waals surface area contributed by atoms with Gasteiger partial charge in [-0.15, -0.1) is 0 Å². The molecule has 0 saturated carbocycles. The maximum atomic E-state index is 13.4. The van der Waals surface area contributed by atoms with Crippen LogP contribution >= 0.6 is 0 Å². The van der Waals surface area contributed by atoms with Gasteiger partial charge in [-0.25, -0.2) is 9.69 Å². The Balaban J connectivity index is 1.38. The number of carbonyl (C=O) groups excluding carboxylic acids is 2. The lowest BCUT2D eigenvalue weighted by molar-refractivity contribution is -0.923. The molecule has 5 rings (SSSR count). The number of amides is 3. The first-order valence-electron chi connectivity index (χ1n) is 10.6. The predicted octanol–water partition coefficient (Wildman–Crippen LogP) is 2.21. The Labute approximate surface area is 181 Å². The lowest BCUT2D eigenvalue weighted by Gasteiger charge is -2.28. The molecular weight excluding hydrogens is 390 g/mol. The maximum absolute atomic E-state index is 13.4. The van der Waals surface area contributed by atoms with Crippen LogP contribution in [0.4, 0.5) is 4.79 Å². The van der Waals surface area contributed by atoms with Crippen molar-refractivity contribution in [1.82, 2.24) is 10.2 Å². The zero-order valence-corrected chi connectivity index (χ0v) is 17.8. The fourth-order valence-electron chi connectivity index (χ4n) is 4.70. The molecule has 2 aliphatic rings. The van der Waals surface area contributed by atoms with Crippen molar-refractivity contribution in [3.8, 4) is 5.75 Å². The topological polar surface area (TPSA) is 63.1 Å². The summed E-state index contributed by atoms with van der Waals surface area (Å²) in [5.41, 5.74) is 2.37. The van der Waals surface area contributed by atoms with Crippen LogP contribution in [0.1, 0.15) is 23.6 Å². The second-order valence-corrected chi connectivity index (χ2v) is 8.57. The monoisotopic (exact) mass is 416 g/mol. The maximum Gasteiger partial charge on any atom is 0.329 e. The van der Waals surface area contributed by atoms with E-state index in [2.05, 4.69) is 23.5 Å². The van der Waals surface area contributed by atoms with Crippen LogP contribution < -0.4 is 15.0 Å². The molecule has 158 valence electrons. The Hall–Kier alpha value is -3.38. The average molecular weight is 417 g/mol. The highest BCUT2D eigenvalue weighted by atomic mass is 16.5. The van der Waals surface area contributed by atoms with E-state index in [0.29, 0.717) is 6.67 Å². The van der Waals surface area contributed by atoms with Gasteiger partial charge >= 0.3 is 6.03 Å². The average Bonchev–Trinajstić information content (AvgIpc) is 3.02. The van der Waals surface area contributed by atoms with Gasteiger partial charge in [-0.2, -0.15) is 0 Å². The largest absolute Gasteiger partial charge is 0.497 e. The second-order valence-electron chi connectivity index (χ2n) is 8.57. The summed E-state index contributed by atoms with van der Waals surface area (Å²) in [6.07, 6.45) is 0.959. The SMILES string of the molecule is COc1ccc2cc([C@]3(C)NC(=O)N(C[NH+]4CCc5ccccc5C4)C3=O)ccc2c1. The van der Waals surface area contributed by atoms with Gasteiger partial charge in [0.15, 0.2) is 6.67 Å². The molecule has 1 fully saturated rings. The van der Waals surface area contributed by atoms with Crippen molar-refractivity contribution >= 4 is 22.7 Å². The van der Waals surface area contributed by atoms with Crippen molar-refractivity contribution in [3.05, 3.63) is 77.4 Å². The highest BCUT2D eigenvalue weighted by Crippen LogP contribution is 2.31. The molecule has 6 heteroatoms. The van der Waals surface area contributed by atoms with Crippen molar-refractivity contribution in [2.24, 2.45) is 0 Å². The molecule has 2 N–H and O–H groups in total. The van der Waals surface area contributed by atoms with Crippen LogP contribution in [0.5, 0.6) is 5.75 Å². The van der Waals surface area contributed by atoms with E-state index < -0.39 is 5.54 Å². The molecule has 0 radical (unpaired) electrons. The number of ether oxygens (including phenoxy) is 1. The molecule has 2 heterocycles. The number of rotatable bonds is 4. The molecule has 0 aliphatic carbocycles. The molecular formula is C25H26N3O3+. The molecule has 3 amide bonds. The fourth-order valence-corrected chi connectivity index (χ4v) is 4.70. The molecule has 1 unspecified atom stereocenters. The number of hydrogen-bond acceptors (Lipinski definition) is 3. The van der Waals surface area contributed by atoms with Gasteiger partial charge in [-0.1, -0.05) is 42.5 Å². The Bertz CT molecular complexity index is 1190. The van der Waals surface area contributed by atoms with E-state index in [1.807, 2.05) is 42.5 Å².